The third-order valence-electron chi connectivity index (χ3n) is 5.46. The molecular weight excluding hydrogens is 368 g/mol. The standard InChI is InChI=1S/C20H24O8/c1-19(2)5-6-20(3,4)10-8-12(22)14(24)16(26)18(10)28-27-17-9(19)7-11(21)13(23)15(17)25/h7-8,21-26H,5-6H2,1-4H3. The number of phenols is 6. The Morgan fingerprint density at radius 3 is 1.25 bits per heavy atom. The average Bonchev–Trinajstić information content (AvgIpc) is 2.62. The van der Waals surface area contributed by atoms with Gasteiger partial charge in [0.25, 0.3) is 0 Å². The van der Waals surface area contributed by atoms with Crippen LogP contribution in [0.4, 0.5) is 0 Å². The van der Waals surface area contributed by atoms with Crippen LogP contribution in [0.2, 0.25) is 0 Å². The molecule has 0 radical (unpaired) electrons. The van der Waals surface area contributed by atoms with Crippen LogP contribution in [0.5, 0.6) is 46.0 Å². The lowest BCUT2D eigenvalue weighted by molar-refractivity contribution is -0.107. The molecule has 1 aliphatic heterocycles. The van der Waals surface area contributed by atoms with Crippen LogP contribution >= 0.6 is 0 Å². The molecule has 28 heavy (non-hydrogen) atoms. The lowest BCUT2D eigenvalue weighted by Gasteiger charge is -2.35. The van der Waals surface area contributed by atoms with Gasteiger partial charge in [-0.25, -0.2) is 0 Å². The van der Waals surface area contributed by atoms with E-state index in [0.29, 0.717) is 24.0 Å². The molecule has 0 fully saturated rings. The molecule has 0 spiro atoms. The van der Waals surface area contributed by atoms with E-state index in [9.17, 15) is 30.6 Å². The van der Waals surface area contributed by atoms with Crippen LogP contribution in [-0.4, -0.2) is 30.6 Å². The Morgan fingerprint density at radius 1 is 0.607 bits per heavy atom. The Balaban J connectivity index is 2.26. The van der Waals surface area contributed by atoms with Gasteiger partial charge in [-0.2, -0.15) is 0 Å². The fourth-order valence-corrected chi connectivity index (χ4v) is 3.41. The van der Waals surface area contributed by atoms with Crippen LogP contribution in [-0.2, 0) is 10.8 Å². The second kappa shape index (κ2) is 6.19. The molecule has 1 heterocycles. The van der Waals surface area contributed by atoms with E-state index in [0.717, 1.165) is 0 Å². The SMILES string of the molecule is CC1(C)CCC(C)(C)c2cc(O)c(O)c(O)c2OOc2c1cc(O)c(O)c2O. The Kier molecular flexibility index (Phi) is 4.33. The van der Waals surface area contributed by atoms with E-state index >= 15 is 0 Å². The highest BCUT2D eigenvalue weighted by molar-refractivity contribution is 5.64. The third-order valence-corrected chi connectivity index (χ3v) is 5.46. The van der Waals surface area contributed by atoms with E-state index in [2.05, 4.69) is 0 Å². The molecule has 0 saturated carbocycles. The van der Waals surface area contributed by atoms with Crippen molar-refractivity contribution in [2.45, 2.75) is 51.4 Å². The van der Waals surface area contributed by atoms with Crippen LogP contribution in [0.25, 0.3) is 0 Å². The van der Waals surface area contributed by atoms with E-state index in [4.69, 9.17) is 9.78 Å². The molecule has 6 N–H and O–H groups in total. The molecule has 3 rings (SSSR count). The van der Waals surface area contributed by atoms with Crippen molar-refractivity contribution >= 4 is 0 Å². The van der Waals surface area contributed by atoms with Crippen molar-refractivity contribution in [2.24, 2.45) is 0 Å². The highest BCUT2D eigenvalue weighted by Gasteiger charge is 2.37. The molecule has 0 aromatic heterocycles. The van der Waals surface area contributed by atoms with Crippen molar-refractivity contribution in [1.82, 2.24) is 0 Å². The summed E-state index contributed by atoms with van der Waals surface area (Å²) in [7, 11) is 0. The van der Waals surface area contributed by atoms with Crippen LogP contribution in [0.1, 0.15) is 51.7 Å². The quantitative estimate of drug-likeness (QED) is 0.295. The van der Waals surface area contributed by atoms with Crippen LogP contribution in [0, 0.1) is 0 Å². The highest BCUT2D eigenvalue weighted by atomic mass is 17.2. The molecule has 152 valence electrons. The van der Waals surface area contributed by atoms with Crippen molar-refractivity contribution in [3.05, 3.63) is 23.3 Å². The molecule has 0 aliphatic carbocycles. The Hall–Kier alpha value is -3.16. The van der Waals surface area contributed by atoms with Crippen LogP contribution in [0.15, 0.2) is 12.1 Å². The summed E-state index contributed by atoms with van der Waals surface area (Å²) in [5, 5.41) is 60.2. The molecule has 0 saturated heterocycles. The maximum Gasteiger partial charge on any atom is 0.228 e. The van der Waals surface area contributed by atoms with Crippen LogP contribution < -0.4 is 9.78 Å². The van der Waals surface area contributed by atoms with Crippen molar-refractivity contribution < 1.29 is 40.4 Å². The van der Waals surface area contributed by atoms with Gasteiger partial charge < -0.3 is 30.6 Å². The molecule has 2 aromatic carbocycles. The Morgan fingerprint density at radius 2 is 0.929 bits per heavy atom. The Bertz CT molecular complexity index is 869. The smallest absolute Gasteiger partial charge is 0.228 e. The largest absolute Gasteiger partial charge is 0.504 e. The minimum atomic E-state index is -0.770. The molecule has 0 unspecified atom stereocenters. The minimum Gasteiger partial charge on any atom is -0.504 e. The predicted molar refractivity (Wildman–Crippen MR) is 99.4 cm³/mol. The van der Waals surface area contributed by atoms with Gasteiger partial charge in [0.15, 0.2) is 11.5 Å². The summed E-state index contributed by atoms with van der Waals surface area (Å²) in [5.74, 6) is -4.43. The second-order valence-electron chi connectivity index (χ2n) is 8.37. The molecule has 1 aliphatic rings. The van der Waals surface area contributed by atoms with Crippen molar-refractivity contribution in [2.75, 3.05) is 0 Å². The number of benzene rings is 2. The summed E-state index contributed by atoms with van der Waals surface area (Å²) in [6, 6.07) is 2.58. The zero-order chi connectivity index (χ0) is 21.0. The van der Waals surface area contributed by atoms with Gasteiger partial charge in [-0.15, -0.1) is 0 Å². The Labute approximate surface area is 161 Å². The van der Waals surface area contributed by atoms with E-state index in [1.807, 2.05) is 27.7 Å². The lowest BCUT2D eigenvalue weighted by Crippen LogP contribution is -2.27. The summed E-state index contributed by atoms with van der Waals surface area (Å²) in [6.45, 7) is 7.54. The number of rotatable bonds is 0. The van der Waals surface area contributed by atoms with Crippen LogP contribution in [0.3, 0.4) is 0 Å². The minimum absolute atomic E-state index is 0.224. The zero-order valence-corrected chi connectivity index (χ0v) is 16.1. The summed E-state index contributed by atoms with van der Waals surface area (Å²) >= 11 is 0. The van der Waals surface area contributed by atoms with E-state index in [1.165, 1.54) is 12.1 Å². The molecule has 2 aromatic rings. The number of hydrogen-bond donors (Lipinski definition) is 6. The summed E-state index contributed by atoms with van der Waals surface area (Å²) in [5.41, 5.74) is -0.419. The number of phenolic OH excluding ortho intramolecular Hbond substituents is 6. The number of hydrogen-bond acceptors (Lipinski definition) is 8. The number of aromatic hydroxyl groups is 6. The first-order valence-electron chi connectivity index (χ1n) is 8.78. The highest BCUT2D eigenvalue weighted by Crippen LogP contribution is 2.54. The van der Waals surface area contributed by atoms with E-state index in [-0.39, 0.29) is 11.5 Å². The first-order valence-corrected chi connectivity index (χ1v) is 8.78. The maximum atomic E-state index is 10.3. The topological polar surface area (TPSA) is 140 Å². The zero-order valence-electron chi connectivity index (χ0n) is 16.1. The molecule has 8 heteroatoms. The average molecular weight is 392 g/mol. The van der Waals surface area contributed by atoms with Gasteiger partial charge in [0.05, 0.1) is 0 Å². The monoisotopic (exact) mass is 392 g/mol. The maximum absolute atomic E-state index is 10.3. The van der Waals surface area contributed by atoms with Gasteiger partial charge in [-0.1, -0.05) is 27.7 Å². The van der Waals surface area contributed by atoms with Gasteiger partial charge in [-0.3, -0.25) is 9.78 Å². The van der Waals surface area contributed by atoms with Gasteiger partial charge >= 0.3 is 0 Å². The lowest BCUT2D eigenvalue weighted by atomic mass is 9.72. The van der Waals surface area contributed by atoms with Gasteiger partial charge in [0.1, 0.15) is 0 Å². The first-order chi connectivity index (χ1) is 12.9. The molecule has 0 amide bonds. The van der Waals surface area contributed by atoms with E-state index < -0.39 is 45.3 Å². The summed E-state index contributed by atoms with van der Waals surface area (Å²) in [6.07, 6.45) is 1.11. The fourth-order valence-electron chi connectivity index (χ4n) is 3.41. The summed E-state index contributed by atoms with van der Waals surface area (Å²) in [4.78, 5) is 10.6. The second-order valence-corrected chi connectivity index (χ2v) is 8.37. The van der Waals surface area contributed by atoms with Crippen molar-refractivity contribution in [3.63, 3.8) is 0 Å². The normalized spacial score (nSPS) is 17.6. The van der Waals surface area contributed by atoms with Gasteiger partial charge in [-0.05, 0) is 35.8 Å². The fraction of sp³-hybridized carbons (Fsp3) is 0.400. The number of fused-ring (bicyclic) bond motifs is 2. The predicted octanol–water partition coefficient (Wildman–Crippen LogP) is 3.64. The first kappa shape index (κ1) is 19.6. The van der Waals surface area contributed by atoms with Gasteiger partial charge in [0, 0.05) is 11.1 Å². The van der Waals surface area contributed by atoms with Crippen molar-refractivity contribution in [1.29, 1.82) is 0 Å². The molecular formula is C20H24O8. The molecule has 0 atom stereocenters. The third kappa shape index (κ3) is 2.94. The van der Waals surface area contributed by atoms with Crippen molar-refractivity contribution in [3.8, 4) is 46.0 Å². The molecule has 0 bridgehead atoms. The molecule has 8 nitrogen and oxygen atoms in total. The van der Waals surface area contributed by atoms with Gasteiger partial charge in [0.2, 0.25) is 34.5 Å². The summed E-state index contributed by atoms with van der Waals surface area (Å²) < 4.78 is 0. The van der Waals surface area contributed by atoms with E-state index in [1.54, 1.807) is 0 Å².